The molecule has 0 unspecified atom stereocenters. The number of carbonyl (C=O) groups is 1. The van der Waals surface area contributed by atoms with E-state index >= 15 is 0 Å². The number of carbonyl (C=O) groups excluding carboxylic acids is 1. The third-order valence-corrected chi connectivity index (χ3v) is 8.99. The van der Waals surface area contributed by atoms with Gasteiger partial charge < -0.3 is 89.4 Å². The quantitative estimate of drug-likeness (QED) is 0.0519. The fraction of sp³-hybridized carbons (Fsp3) is 0.333. The van der Waals surface area contributed by atoms with Gasteiger partial charge in [0.15, 0.2) is 47.3 Å². The van der Waals surface area contributed by atoms with Crippen molar-refractivity contribution in [1.29, 1.82) is 0 Å². The fourth-order valence-electron chi connectivity index (χ4n) is 6.07. The summed E-state index contributed by atoms with van der Waals surface area (Å²) >= 11 is 0. The summed E-state index contributed by atoms with van der Waals surface area (Å²) in [5.41, 5.74) is -1.39. The summed E-state index contributed by atoms with van der Waals surface area (Å²) < 4.78 is 34.3. The van der Waals surface area contributed by atoms with Crippen LogP contribution in [-0.2, 0) is 23.7 Å². The minimum absolute atomic E-state index is 0.120. The number of aromatic hydroxyl groups is 6. The summed E-state index contributed by atoms with van der Waals surface area (Å²) in [5, 5.41) is 123. The van der Waals surface area contributed by atoms with Gasteiger partial charge in [0.25, 0.3) is 0 Å². The number of rotatable bonds is 10. The molecule has 2 fully saturated rings. The molecule has 2 aliphatic rings. The van der Waals surface area contributed by atoms with Gasteiger partial charge in [-0.05, 0) is 42.0 Å². The van der Waals surface area contributed by atoms with Crippen molar-refractivity contribution < 1.29 is 94.2 Å². The molecule has 6 rings (SSSR count). The third kappa shape index (κ3) is 7.86. The van der Waals surface area contributed by atoms with Crippen LogP contribution in [0.5, 0.6) is 40.2 Å². The van der Waals surface area contributed by atoms with E-state index < -0.39 is 137 Å². The Bertz CT molecular complexity index is 2170. The predicted octanol–water partition coefficient (Wildman–Crippen LogP) is -1.04. The van der Waals surface area contributed by atoms with E-state index in [2.05, 4.69) is 0 Å². The van der Waals surface area contributed by atoms with Gasteiger partial charge >= 0.3 is 5.97 Å². The molecule has 12 N–H and O–H groups in total. The van der Waals surface area contributed by atoms with Crippen LogP contribution in [0.1, 0.15) is 5.56 Å². The Kier molecular flexibility index (Phi) is 11.6. The van der Waals surface area contributed by atoms with Crippen molar-refractivity contribution in [3.05, 3.63) is 70.4 Å². The number of esters is 1. The Balaban J connectivity index is 1.38. The highest BCUT2D eigenvalue weighted by Gasteiger charge is 2.53. The summed E-state index contributed by atoms with van der Waals surface area (Å²) in [6.07, 6.45) is -17.2. The average molecular weight is 789 g/mol. The molecule has 0 amide bonds. The number of hydrogen-bond acceptors (Lipinski definition) is 20. The number of benzene rings is 3. The van der Waals surface area contributed by atoms with Crippen molar-refractivity contribution in [2.24, 2.45) is 0 Å². The first kappa shape index (κ1) is 40.0. The summed E-state index contributed by atoms with van der Waals surface area (Å²) in [6, 6.07) is 8.60. The molecular weight excluding hydrogens is 752 g/mol. The van der Waals surface area contributed by atoms with Crippen molar-refractivity contribution >= 4 is 23.0 Å². The first-order chi connectivity index (χ1) is 26.6. The minimum Gasteiger partial charge on any atom is -0.508 e. The third-order valence-electron chi connectivity index (χ3n) is 8.99. The minimum atomic E-state index is -2.09. The molecule has 0 bridgehead atoms. The van der Waals surface area contributed by atoms with E-state index in [-0.39, 0.29) is 16.7 Å². The molecule has 2 saturated heterocycles. The molecule has 4 aromatic rings. The zero-order valence-corrected chi connectivity index (χ0v) is 28.6. The van der Waals surface area contributed by atoms with E-state index in [4.69, 9.17) is 28.1 Å². The zero-order valence-electron chi connectivity index (χ0n) is 28.6. The molecule has 300 valence electrons. The van der Waals surface area contributed by atoms with Crippen molar-refractivity contribution in [2.75, 3.05) is 13.2 Å². The van der Waals surface area contributed by atoms with E-state index in [0.29, 0.717) is 0 Å². The predicted molar refractivity (Wildman–Crippen MR) is 184 cm³/mol. The number of aliphatic hydroxyl groups excluding tert-OH is 6. The molecule has 0 aliphatic carbocycles. The lowest BCUT2D eigenvalue weighted by molar-refractivity contribution is -0.358. The van der Waals surface area contributed by atoms with E-state index in [9.17, 15) is 70.9 Å². The summed E-state index contributed by atoms with van der Waals surface area (Å²) in [5.74, 6) is -5.91. The van der Waals surface area contributed by atoms with Gasteiger partial charge in [-0.1, -0.05) is 6.07 Å². The summed E-state index contributed by atoms with van der Waals surface area (Å²) in [7, 11) is 0. The highest BCUT2D eigenvalue weighted by molar-refractivity contribution is 5.89. The van der Waals surface area contributed by atoms with Crippen molar-refractivity contribution in [1.82, 2.24) is 0 Å². The van der Waals surface area contributed by atoms with Gasteiger partial charge in [-0.25, -0.2) is 4.79 Å². The lowest BCUT2D eigenvalue weighted by Crippen LogP contribution is -2.65. The zero-order chi connectivity index (χ0) is 40.6. The van der Waals surface area contributed by atoms with E-state index in [1.54, 1.807) is 0 Å². The van der Waals surface area contributed by atoms with Gasteiger partial charge in [0.05, 0.1) is 13.2 Å². The van der Waals surface area contributed by atoms with Crippen LogP contribution in [0.15, 0.2) is 63.8 Å². The van der Waals surface area contributed by atoms with Crippen molar-refractivity contribution in [2.45, 2.75) is 61.4 Å². The van der Waals surface area contributed by atoms with Gasteiger partial charge in [-0.2, -0.15) is 0 Å². The topological polar surface area (TPSA) is 336 Å². The maximum Gasteiger partial charge on any atom is 0.331 e. The number of hydrogen-bond donors (Lipinski definition) is 12. The second-order valence-electron chi connectivity index (χ2n) is 12.7. The molecular formula is C36H36O20. The van der Waals surface area contributed by atoms with Gasteiger partial charge in [0.2, 0.25) is 17.5 Å². The van der Waals surface area contributed by atoms with Crippen molar-refractivity contribution in [3.63, 3.8) is 0 Å². The number of ether oxygens (including phenoxy) is 5. The molecule has 1 aromatic heterocycles. The van der Waals surface area contributed by atoms with Crippen LogP contribution in [0.3, 0.4) is 0 Å². The Morgan fingerprint density at radius 3 is 1.93 bits per heavy atom. The van der Waals surface area contributed by atoms with Crippen LogP contribution < -0.4 is 10.2 Å². The van der Waals surface area contributed by atoms with E-state index in [0.717, 1.165) is 48.6 Å². The second kappa shape index (κ2) is 16.2. The van der Waals surface area contributed by atoms with Crippen LogP contribution in [0, 0.1) is 0 Å². The first-order valence-electron chi connectivity index (χ1n) is 16.6. The summed E-state index contributed by atoms with van der Waals surface area (Å²) in [4.78, 5) is 26.9. The molecule has 10 atom stereocenters. The van der Waals surface area contributed by atoms with E-state index in [1.807, 2.05) is 0 Å². The Labute approximate surface area is 313 Å². The monoisotopic (exact) mass is 788 g/mol. The summed E-state index contributed by atoms with van der Waals surface area (Å²) in [6.45, 7) is -1.85. The van der Waals surface area contributed by atoms with Crippen molar-refractivity contribution in [3.8, 4) is 51.6 Å². The van der Waals surface area contributed by atoms with Crippen LogP contribution in [0.4, 0.5) is 0 Å². The maximum atomic E-state index is 14.0. The van der Waals surface area contributed by atoms with Crippen LogP contribution in [0.2, 0.25) is 0 Å². The van der Waals surface area contributed by atoms with Gasteiger partial charge in [0.1, 0.15) is 59.1 Å². The highest BCUT2D eigenvalue weighted by Crippen LogP contribution is 2.40. The maximum absolute atomic E-state index is 14.0. The smallest absolute Gasteiger partial charge is 0.331 e. The molecule has 0 saturated carbocycles. The van der Waals surface area contributed by atoms with Crippen LogP contribution >= 0.6 is 0 Å². The molecule has 0 radical (unpaired) electrons. The molecule has 3 heterocycles. The molecule has 56 heavy (non-hydrogen) atoms. The normalized spacial score (nSPS) is 28.0. The standard InChI is InChI=1S/C36H36O20/c37-11-22-26(46)29(49)33(54-24(45)6-2-13-1-4-16(40)18(42)7-13)35(52-22)56-34-30(50)27(47)23(12-38)53-36(34)55-32-28(48)25-20(44)9-15(39)10-21(25)51-31(32)14-3-5-17(41)19(43)8-14/h1-10,22-23,26-27,29-30,33-44,46-47,49-50H,11-12H2/b6-2+/t22-,23-,26+,27+,29+,30-,33-,34+,35-,36-/m0/s1. The van der Waals surface area contributed by atoms with E-state index in [1.165, 1.54) is 12.1 Å². The average Bonchev–Trinajstić information content (AvgIpc) is 3.16. The van der Waals surface area contributed by atoms with Crippen LogP contribution in [-0.4, -0.2) is 142 Å². The number of fused-ring (bicyclic) bond motifs is 1. The van der Waals surface area contributed by atoms with Gasteiger partial charge in [-0.15, -0.1) is 0 Å². The van der Waals surface area contributed by atoms with Crippen LogP contribution in [0.25, 0.3) is 28.4 Å². The molecule has 2 aliphatic heterocycles. The highest BCUT2D eigenvalue weighted by atomic mass is 16.8. The molecule has 20 nitrogen and oxygen atoms in total. The first-order valence-corrected chi connectivity index (χ1v) is 16.6. The second-order valence-corrected chi connectivity index (χ2v) is 12.7. The lowest BCUT2D eigenvalue weighted by Gasteiger charge is -2.46. The number of phenols is 6. The number of phenolic OH excluding ortho intramolecular Hbond substituents is 6. The van der Waals surface area contributed by atoms with Gasteiger partial charge in [-0.3, -0.25) is 4.79 Å². The lowest BCUT2D eigenvalue weighted by atomic mass is 9.97. The largest absolute Gasteiger partial charge is 0.508 e. The Morgan fingerprint density at radius 1 is 0.696 bits per heavy atom. The Morgan fingerprint density at radius 2 is 1.30 bits per heavy atom. The number of aliphatic hydroxyl groups is 6. The molecule has 0 spiro atoms. The SMILES string of the molecule is O=C(/C=C/c1ccc(O)c(O)c1)O[C@@H]1[C@H](O[C@H]2[C@H](Oc3c(-c4ccc(O)c(O)c4)oc4cc(O)cc(O)c4c3=O)O[C@@H](CO)[C@@H](O)[C@@H]2O)O[C@@H](CO)[C@@H](O)[C@H]1O. The molecule has 20 heteroatoms. The molecule has 3 aromatic carbocycles. The van der Waals surface area contributed by atoms with Gasteiger partial charge in [0, 0.05) is 23.8 Å². The Hall–Kier alpha value is -5.68. The fourth-order valence-corrected chi connectivity index (χ4v) is 6.07.